The van der Waals surface area contributed by atoms with Crippen molar-refractivity contribution in [2.75, 3.05) is 31.9 Å². The summed E-state index contributed by atoms with van der Waals surface area (Å²) < 4.78 is 0.912. The van der Waals surface area contributed by atoms with E-state index in [9.17, 15) is 5.11 Å². The van der Waals surface area contributed by atoms with E-state index in [0.29, 0.717) is 5.69 Å². The van der Waals surface area contributed by atoms with Crippen LogP contribution in [0.3, 0.4) is 0 Å². The van der Waals surface area contributed by atoms with Crippen LogP contribution in [0, 0.1) is 0 Å². The second-order valence-electron chi connectivity index (χ2n) is 4.36. The first-order valence-corrected chi connectivity index (χ1v) is 6.62. The highest BCUT2D eigenvalue weighted by atomic mass is 79.9. The Morgan fingerprint density at radius 3 is 2.71 bits per heavy atom. The summed E-state index contributed by atoms with van der Waals surface area (Å²) in [5, 5.41) is 13.4. The number of anilines is 1. The van der Waals surface area contributed by atoms with Crippen LogP contribution in [0.1, 0.15) is 18.5 Å². The quantitative estimate of drug-likeness (QED) is 0.575. The number of phenols is 1. The largest absolute Gasteiger partial charge is 0.505 e. The van der Waals surface area contributed by atoms with Gasteiger partial charge in [-0.3, -0.25) is 4.90 Å². The fourth-order valence-electron chi connectivity index (χ4n) is 2.25. The van der Waals surface area contributed by atoms with Gasteiger partial charge in [-0.25, -0.2) is 0 Å². The van der Waals surface area contributed by atoms with Crippen LogP contribution in [0.25, 0.3) is 0 Å². The maximum atomic E-state index is 10.1. The summed E-state index contributed by atoms with van der Waals surface area (Å²) in [5.74, 6) is 0.199. The molecule has 1 saturated heterocycles. The molecular weight excluding hydrogens is 282 g/mol. The van der Waals surface area contributed by atoms with Gasteiger partial charge in [-0.1, -0.05) is 15.9 Å². The number of nitrogens with zero attached hydrogens (tertiary/aromatic N) is 1. The molecule has 1 aliphatic heterocycles. The number of nitrogens with two attached hydrogens (primary N) is 1. The maximum Gasteiger partial charge on any atom is 0.144 e. The minimum atomic E-state index is 0.162. The average molecular weight is 300 g/mol. The molecule has 2 rings (SSSR count). The molecule has 0 radical (unpaired) electrons. The first kappa shape index (κ1) is 12.7. The van der Waals surface area contributed by atoms with Gasteiger partial charge in [0.25, 0.3) is 0 Å². The molecule has 1 aliphatic rings. The molecule has 1 heterocycles. The zero-order valence-electron chi connectivity index (χ0n) is 9.91. The van der Waals surface area contributed by atoms with Gasteiger partial charge >= 0.3 is 0 Å². The number of nitrogens with one attached hydrogen (secondary N) is 1. The molecule has 17 heavy (non-hydrogen) atoms. The van der Waals surface area contributed by atoms with E-state index in [1.165, 1.54) is 0 Å². The Balaban J connectivity index is 2.29. The number of aromatic hydroxyl groups is 1. The summed E-state index contributed by atoms with van der Waals surface area (Å²) in [7, 11) is 0. The van der Waals surface area contributed by atoms with Crippen molar-refractivity contribution >= 4 is 21.6 Å². The highest BCUT2D eigenvalue weighted by molar-refractivity contribution is 9.10. The van der Waals surface area contributed by atoms with Gasteiger partial charge in [0.15, 0.2) is 0 Å². The van der Waals surface area contributed by atoms with Crippen LogP contribution in [-0.4, -0.2) is 36.2 Å². The van der Waals surface area contributed by atoms with Crippen LogP contribution in [0.15, 0.2) is 16.6 Å². The molecule has 0 saturated carbocycles. The highest BCUT2D eigenvalue weighted by Crippen LogP contribution is 2.38. The molecule has 0 amide bonds. The molecular formula is C12H18BrN3O. The van der Waals surface area contributed by atoms with Crippen molar-refractivity contribution in [3.05, 3.63) is 22.2 Å². The summed E-state index contributed by atoms with van der Waals surface area (Å²) in [4.78, 5) is 2.34. The molecule has 0 aliphatic carbocycles. The third-order valence-corrected chi connectivity index (χ3v) is 4.00. The predicted octanol–water partition coefficient (Wildman–Crippen LogP) is 1.70. The number of benzene rings is 1. The number of rotatable bonds is 2. The van der Waals surface area contributed by atoms with Gasteiger partial charge in [0.1, 0.15) is 5.75 Å². The van der Waals surface area contributed by atoms with E-state index in [-0.39, 0.29) is 11.8 Å². The van der Waals surface area contributed by atoms with Crippen molar-refractivity contribution < 1.29 is 5.11 Å². The Labute approximate surface area is 110 Å². The maximum absolute atomic E-state index is 10.1. The Kier molecular flexibility index (Phi) is 3.91. The van der Waals surface area contributed by atoms with E-state index in [4.69, 9.17) is 5.73 Å². The summed E-state index contributed by atoms with van der Waals surface area (Å²) in [6.07, 6.45) is 0. The lowest BCUT2D eigenvalue weighted by Gasteiger charge is -2.33. The molecule has 1 aromatic carbocycles. The van der Waals surface area contributed by atoms with Gasteiger partial charge < -0.3 is 16.2 Å². The minimum Gasteiger partial charge on any atom is -0.505 e. The summed E-state index contributed by atoms with van der Waals surface area (Å²) >= 11 is 3.49. The lowest BCUT2D eigenvalue weighted by molar-refractivity contribution is 0.182. The third-order valence-electron chi connectivity index (χ3n) is 3.31. The van der Waals surface area contributed by atoms with E-state index in [2.05, 4.69) is 33.1 Å². The first-order valence-electron chi connectivity index (χ1n) is 5.83. The smallest absolute Gasteiger partial charge is 0.144 e. The van der Waals surface area contributed by atoms with Crippen LogP contribution >= 0.6 is 15.9 Å². The number of piperazine rings is 1. The molecule has 1 aromatic rings. The van der Waals surface area contributed by atoms with Gasteiger partial charge in [0.2, 0.25) is 0 Å². The highest BCUT2D eigenvalue weighted by Gasteiger charge is 2.23. The van der Waals surface area contributed by atoms with Crippen molar-refractivity contribution in [1.29, 1.82) is 0 Å². The van der Waals surface area contributed by atoms with Crippen LogP contribution in [0.2, 0.25) is 0 Å². The van der Waals surface area contributed by atoms with Crippen LogP contribution in [0.5, 0.6) is 5.75 Å². The molecule has 0 bridgehead atoms. The van der Waals surface area contributed by atoms with Crippen molar-refractivity contribution in [1.82, 2.24) is 10.2 Å². The van der Waals surface area contributed by atoms with Crippen molar-refractivity contribution in [2.45, 2.75) is 13.0 Å². The number of nitrogen functional groups attached to an aromatic ring is 1. The van der Waals surface area contributed by atoms with Crippen LogP contribution in [0.4, 0.5) is 5.69 Å². The van der Waals surface area contributed by atoms with E-state index >= 15 is 0 Å². The molecule has 1 atom stereocenters. The molecule has 4 N–H and O–H groups in total. The summed E-state index contributed by atoms with van der Waals surface area (Å²) in [5.41, 5.74) is 7.07. The van der Waals surface area contributed by atoms with Crippen LogP contribution < -0.4 is 11.1 Å². The standard InChI is InChI=1S/C12H18BrN3O/c1-8(16-6-4-15-5-7-16)11-9(13)2-3-10(14)12(11)17/h2-3,8,15,17H,4-7,14H2,1H3/t8-/m0/s1. The fraction of sp³-hybridized carbons (Fsp3) is 0.500. The SMILES string of the molecule is C[C@@H](c1c(Br)ccc(N)c1O)N1CCNCC1. The number of halogens is 1. The van der Waals surface area contributed by atoms with E-state index in [1.807, 2.05) is 6.07 Å². The normalized spacial score (nSPS) is 19.2. The predicted molar refractivity (Wildman–Crippen MR) is 73.1 cm³/mol. The zero-order valence-corrected chi connectivity index (χ0v) is 11.5. The van der Waals surface area contributed by atoms with Gasteiger partial charge in [0, 0.05) is 42.3 Å². The Morgan fingerprint density at radius 2 is 2.06 bits per heavy atom. The van der Waals surface area contributed by atoms with E-state index < -0.39 is 0 Å². The first-order chi connectivity index (χ1) is 8.11. The summed E-state index contributed by atoms with van der Waals surface area (Å²) in [6, 6.07) is 3.77. The van der Waals surface area contributed by atoms with Crippen molar-refractivity contribution in [3.8, 4) is 5.75 Å². The lowest BCUT2D eigenvalue weighted by Crippen LogP contribution is -2.44. The lowest BCUT2D eigenvalue weighted by atomic mass is 10.0. The van der Waals surface area contributed by atoms with Gasteiger partial charge in [-0.15, -0.1) is 0 Å². The van der Waals surface area contributed by atoms with Gasteiger partial charge in [-0.2, -0.15) is 0 Å². The molecule has 0 aromatic heterocycles. The molecule has 5 heteroatoms. The third kappa shape index (κ3) is 2.56. The molecule has 1 fully saturated rings. The monoisotopic (exact) mass is 299 g/mol. The van der Waals surface area contributed by atoms with Gasteiger partial charge in [-0.05, 0) is 19.1 Å². The Bertz CT molecular complexity index is 405. The fourth-order valence-corrected chi connectivity index (χ4v) is 2.90. The number of hydrogen-bond donors (Lipinski definition) is 3. The molecule has 0 unspecified atom stereocenters. The van der Waals surface area contributed by atoms with Crippen LogP contribution in [-0.2, 0) is 0 Å². The minimum absolute atomic E-state index is 0.162. The summed E-state index contributed by atoms with van der Waals surface area (Å²) in [6.45, 7) is 6.06. The molecule has 0 spiro atoms. The number of hydrogen-bond acceptors (Lipinski definition) is 4. The zero-order chi connectivity index (χ0) is 12.4. The average Bonchev–Trinajstić information content (AvgIpc) is 2.35. The van der Waals surface area contributed by atoms with E-state index in [0.717, 1.165) is 36.2 Å². The Morgan fingerprint density at radius 1 is 1.41 bits per heavy atom. The Hall–Kier alpha value is -0.780. The van der Waals surface area contributed by atoms with Crippen molar-refractivity contribution in [2.24, 2.45) is 0 Å². The van der Waals surface area contributed by atoms with Gasteiger partial charge in [0.05, 0.1) is 5.69 Å². The second-order valence-corrected chi connectivity index (χ2v) is 5.22. The topological polar surface area (TPSA) is 61.5 Å². The second kappa shape index (κ2) is 5.25. The van der Waals surface area contributed by atoms with E-state index in [1.54, 1.807) is 6.07 Å². The van der Waals surface area contributed by atoms with Crippen molar-refractivity contribution in [3.63, 3.8) is 0 Å². The number of phenolic OH excluding ortho intramolecular Hbond substituents is 1. The molecule has 94 valence electrons. The molecule has 4 nitrogen and oxygen atoms in total.